The number of piperidine rings is 1. The lowest BCUT2D eigenvalue weighted by Gasteiger charge is -2.32. The first-order valence-electron chi connectivity index (χ1n) is 10.4. The minimum Gasteiger partial charge on any atom is -0.490 e. The fourth-order valence-electron chi connectivity index (χ4n) is 3.35. The number of hydrogen-bond donors (Lipinski definition) is 1. The van der Waals surface area contributed by atoms with Crippen molar-refractivity contribution in [2.45, 2.75) is 18.9 Å². The van der Waals surface area contributed by atoms with E-state index >= 15 is 0 Å². The quantitative estimate of drug-likeness (QED) is 0.549. The number of hydrogen-bond acceptors (Lipinski definition) is 6. The van der Waals surface area contributed by atoms with E-state index in [2.05, 4.69) is 15.0 Å². The molecule has 1 saturated heterocycles. The molecule has 0 atom stereocenters. The van der Waals surface area contributed by atoms with E-state index in [9.17, 15) is 9.59 Å². The summed E-state index contributed by atoms with van der Waals surface area (Å²) in [5.74, 6) is 0.493. The number of carbonyl (C=O) groups excluding carboxylic acids is 2. The van der Waals surface area contributed by atoms with Crippen LogP contribution >= 0.6 is 23.2 Å². The van der Waals surface area contributed by atoms with Gasteiger partial charge in [-0.15, -0.1) is 0 Å². The van der Waals surface area contributed by atoms with Crippen molar-refractivity contribution < 1.29 is 23.8 Å². The molecule has 3 rings (SSSR count). The Morgan fingerprint density at radius 2 is 1.84 bits per heavy atom. The number of likely N-dealkylation sites (tertiary alicyclic amines) is 1. The molecule has 2 aromatic carbocycles. The zero-order valence-corrected chi connectivity index (χ0v) is 19.3. The van der Waals surface area contributed by atoms with E-state index in [-0.39, 0.29) is 18.6 Å². The van der Waals surface area contributed by atoms with E-state index < -0.39 is 5.97 Å². The predicted octanol–water partition coefficient (Wildman–Crippen LogP) is 3.82. The van der Waals surface area contributed by atoms with Crippen LogP contribution in [0.2, 0.25) is 10.0 Å². The minimum atomic E-state index is -0.481. The molecule has 0 saturated carbocycles. The zero-order valence-electron chi connectivity index (χ0n) is 17.8. The molecule has 0 spiro atoms. The number of esters is 1. The summed E-state index contributed by atoms with van der Waals surface area (Å²) in [5, 5.41) is 3.92. The highest BCUT2D eigenvalue weighted by molar-refractivity contribution is 6.42. The first-order chi connectivity index (χ1) is 15.4. The maximum Gasteiger partial charge on any atom is 0.343 e. The lowest BCUT2D eigenvalue weighted by molar-refractivity contribution is -0.142. The Labute approximate surface area is 197 Å². The lowest BCUT2D eigenvalue weighted by Crippen LogP contribution is -2.42. The Morgan fingerprint density at radius 1 is 1.06 bits per heavy atom. The third-order valence-corrected chi connectivity index (χ3v) is 5.86. The Morgan fingerprint density at radius 3 is 2.56 bits per heavy atom. The van der Waals surface area contributed by atoms with Crippen LogP contribution < -0.4 is 14.8 Å². The first kappa shape index (κ1) is 24.2. The van der Waals surface area contributed by atoms with Gasteiger partial charge in [0.1, 0.15) is 17.6 Å². The van der Waals surface area contributed by atoms with Gasteiger partial charge in [0.15, 0.2) is 6.61 Å². The Kier molecular flexibility index (Phi) is 9.02. The second-order valence-corrected chi connectivity index (χ2v) is 8.20. The van der Waals surface area contributed by atoms with Gasteiger partial charge in [0.05, 0.1) is 17.2 Å². The number of halogens is 2. The monoisotopic (exact) mass is 480 g/mol. The van der Waals surface area contributed by atoms with Crippen molar-refractivity contribution in [3.63, 3.8) is 0 Å². The maximum absolute atomic E-state index is 12.4. The third-order valence-electron chi connectivity index (χ3n) is 5.12. The molecule has 172 valence electrons. The topological polar surface area (TPSA) is 77.1 Å². The van der Waals surface area contributed by atoms with E-state index in [0.717, 1.165) is 38.2 Å². The molecular weight excluding hydrogens is 455 g/mol. The number of benzene rings is 2. The molecule has 0 bridgehead atoms. The SMILES string of the molecule is COC(=O)COc1cccc(C(=O)NCCN2CCC(Oc3ccc(Cl)c(Cl)c3)CC2)c1. The Balaban J connectivity index is 1.37. The predicted molar refractivity (Wildman–Crippen MR) is 123 cm³/mol. The van der Waals surface area contributed by atoms with Crippen molar-refractivity contribution in [2.75, 3.05) is 39.9 Å². The van der Waals surface area contributed by atoms with Crippen molar-refractivity contribution in [3.05, 3.63) is 58.1 Å². The number of nitrogens with one attached hydrogen (secondary N) is 1. The minimum absolute atomic E-state index is 0.130. The first-order valence-corrected chi connectivity index (χ1v) is 11.1. The molecule has 0 unspecified atom stereocenters. The summed E-state index contributed by atoms with van der Waals surface area (Å²) in [5.41, 5.74) is 0.473. The van der Waals surface area contributed by atoms with Gasteiger partial charge in [0.2, 0.25) is 0 Å². The molecule has 7 nitrogen and oxygen atoms in total. The molecule has 32 heavy (non-hydrogen) atoms. The van der Waals surface area contributed by atoms with Gasteiger partial charge in [0, 0.05) is 37.8 Å². The summed E-state index contributed by atoms with van der Waals surface area (Å²) < 4.78 is 15.9. The highest BCUT2D eigenvalue weighted by Gasteiger charge is 2.20. The number of rotatable bonds is 9. The number of ether oxygens (including phenoxy) is 3. The van der Waals surface area contributed by atoms with E-state index in [1.807, 2.05) is 6.07 Å². The van der Waals surface area contributed by atoms with Gasteiger partial charge in [0.25, 0.3) is 5.91 Å². The van der Waals surface area contributed by atoms with Crippen LogP contribution in [-0.2, 0) is 9.53 Å². The summed E-state index contributed by atoms with van der Waals surface area (Å²) in [6.07, 6.45) is 1.92. The normalized spacial score (nSPS) is 14.6. The highest BCUT2D eigenvalue weighted by atomic mass is 35.5. The van der Waals surface area contributed by atoms with Gasteiger partial charge < -0.3 is 24.4 Å². The Hall–Kier alpha value is -2.48. The number of amides is 1. The van der Waals surface area contributed by atoms with Crippen LogP contribution in [0.15, 0.2) is 42.5 Å². The van der Waals surface area contributed by atoms with Crippen LogP contribution in [0.5, 0.6) is 11.5 Å². The molecule has 0 radical (unpaired) electrons. The van der Waals surface area contributed by atoms with Gasteiger partial charge >= 0.3 is 5.97 Å². The number of methoxy groups -OCH3 is 1. The molecular formula is C23H26Cl2N2O5. The molecule has 0 aliphatic carbocycles. The van der Waals surface area contributed by atoms with E-state index in [1.54, 1.807) is 36.4 Å². The summed E-state index contributed by atoms with van der Waals surface area (Å²) in [6, 6.07) is 12.0. The van der Waals surface area contributed by atoms with Gasteiger partial charge in [-0.2, -0.15) is 0 Å². The maximum atomic E-state index is 12.4. The van der Waals surface area contributed by atoms with E-state index in [0.29, 0.717) is 27.9 Å². The number of nitrogens with zero attached hydrogens (tertiary/aromatic N) is 1. The molecule has 1 heterocycles. The molecule has 1 aliphatic heterocycles. The van der Waals surface area contributed by atoms with Crippen LogP contribution in [-0.4, -0.2) is 62.8 Å². The fourth-order valence-corrected chi connectivity index (χ4v) is 3.64. The van der Waals surface area contributed by atoms with Gasteiger partial charge in [-0.25, -0.2) is 4.79 Å². The van der Waals surface area contributed by atoms with Crippen LogP contribution in [0, 0.1) is 0 Å². The van der Waals surface area contributed by atoms with Crippen molar-refractivity contribution in [1.82, 2.24) is 10.2 Å². The smallest absolute Gasteiger partial charge is 0.343 e. The van der Waals surface area contributed by atoms with Crippen LogP contribution in [0.3, 0.4) is 0 Å². The average Bonchev–Trinajstić information content (AvgIpc) is 2.81. The number of carbonyl (C=O) groups is 2. The molecule has 1 fully saturated rings. The van der Waals surface area contributed by atoms with Gasteiger partial charge in [-0.3, -0.25) is 4.79 Å². The average molecular weight is 481 g/mol. The lowest BCUT2D eigenvalue weighted by atomic mass is 10.1. The zero-order chi connectivity index (χ0) is 22.9. The van der Waals surface area contributed by atoms with Crippen molar-refractivity contribution >= 4 is 35.1 Å². The molecule has 1 amide bonds. The third kappa shape index (κ3) is 7.29. The molecule has 2 aromatic rings. The largest absolute Gasteiger partial charge is 0.490 e. The summed E-state index contributed by atoms with van der Waals surface area (Å²) in [4.78, 5) is 25.9. The van der Waals surface area contributed by atoms with E-state index in [4.69, 9.17) is 32.7 Å². The van der Waals surface area contributed by atoms with Gasteiger partial charge in [-0.1, -0.05) is 29.3 Å². The van der Waals surface area contributed by atoms with Crippen molar-refractivity contribution in [1.29, 1.82) is 0 Å². The van der Waals surface area contributed by atoms with Crippen molar-refractivity contribution in [2.24, 2.45) is 0 Å². The van der Waals surface area contributed by atoms with Crippen molar-refractivity contribution in [3.8, 4) is 11.5 Å². The van der Waals surface area contributed by atoms with Crippen LogP contribution in [0.25, 0.3) is 0 Å². The Bertz CT molecular complexity index is 932. The summed E-state index contributed by atoms with van der Waals surface area (Å²) >= 11 is 12.0. The van der Waals surface area contributed by atoms with Crippen LogP contribution in [0.4, 0.5) is 0 Å². The molecule has 0 aromatic heterocycles. The molecule has 9 heteroatoms. The van der Waals surface area contributed by atoms with E-state index in [1.165, 1.54) is 7.11 Å². The standard InChI is InChI=1S/C23H26Cl2N2O5/c1-30-22(28)15-31-18-4-2-3-16(13-18)23(29)26-9-12-27-10-7-17(8-11-27)32-19-5-6-20(24)21(25)14-19/h2-6,13-14,17H,7-12,15H2,1H3,(H,26,29). The molecule has 1 N–H and O–H groups in total. The second kappa shape index (κ2) is 11.9. The van der Waals surface area contributed by atoms with Gasteiger partial charge in [-0.05, 0) is 43.2 Å². The highest BCUT2D eigenvalue weighted by Crippen LogP contribution is 2.28. The second-order valence-electron chi connectivity index (χ2n) is 7.38. The fraction of sp³-hybridized carbons (Fsp3) is 0.391. The molecule has 1 aliphatic rings. The summed E-state index contributed by atoms with van der Waals surface area (Å²) in [6.45, 7) is 2.86. The summed E-state index contributed by atoms with van der Waals surface area (Å²) in [7, 11) is 1.29. The van der Waals surface area contributed by atoms with Crippen LogP contribution in [0.1, 0.15) is 23.2 Å².